The molecule has 3 heterocycles. The highest BCUT2D eigenvalue weighted by Crippen LogP contribution is 2.37. The van der Waals surface area contributed by atoms with Crippen LogP contribution in [-0.2, 0) is 27.8 Å². The molecule has 1 saturated heterocycles. The molecule has 12 heteroatoms. The zero-order valence-corrected chi connectivity index (χ0v) is 22.1. The molecule has 5 amide bonds. The van der Waals surface area contributed by atoms with Crippen LogP contribution in [0.2, 0.25) is 0 Å². The number of urea groups is 1. The molecule has 0 aliphatic carbocycles. The van der Waals surface area contributed by atoms with Crippen molar-refractivity contribution in [3.8, 4) is 11.1 Å². The van der Waals surface area contributed by atoms with Crippen LogP contribution in [0.3, 0.4) is 0 Å². The fraction of sp³-hybridized carbons (Fsp3) is 0.276. The number of fused-ring (bicyclic) bond motifs is 1. The zero-order chi connectivity index (χ0) is 29.5. The lowest BCUT2D eigenvalue weighted by molar-refractivity contribution is -0.138. The van der Waals surface area contributed by atoms with E-state index in [0.29, 0.717) is 27.9 Å². The molecule has 41 heavy (non-hydrogen) atoms. The van der Waals surface area contributed by atoms with E-state index in [1.54, 1.807) is 56.3 Å². The number of amides is 5. The quantitative estimate of drug-likeness (QED) is 0.391. The lowest BCUT2D eigenvalue weighted by Crippen LogP contribution is -2.52. The maximum absolute atomic E-state index is 13.4. The van der Waals surface area contributed by atoms with Gasteiger partial charge in [0.05, 0.1) is 11.1 Å². The van der Waals surface area contributed by atoms with E-state index in [4.69, 9.17) is 0 Å². The van der Waals surface area contributed by atoms with Crippen molar-refractivity contribution in [1.29, 1.82) is 0 Å². The molecule has 5 rings (SSSR count). The average Bonchev–Trinajstić information content (AvgIpc) is 3.23. The minimum Gasteiger partial charge on any atom is -0.329 e. The van der Waals surface area contributed by atoms with Gasteiger partial charge in [0.15, 0.2) is 0 Å². The molecule has 9 nitrogen and oxygen atoms in total. The fourth-order valence-corrected chi connectivity index (χ4v) is 5.11. The first-order chi connectivity index (χ1) is 19.3. The van der Waals surface area contributed by atoms with Gasteiger partial charge in [0, 0.05) is 42.2 Å². The normalized spacial score (nSPS) is 17.2. The Kier molecular flexibility index (Phi) is 7.02. The summed E-state index contributed by atoms with van der Waals surface area (Å²) in [6.07, 6.45) is -1.85. The Bertz CT molecular complexity index is 1550. The summed E-state index contributed by atoms with van der Waals surface area (Å²) in [6.45, 7) is 3.68. The maximum Gasteiger partial charge on any atom is 0.417 e. The van der Waals surface area contributed by atoms with Crippen LogP contribution in [0.1, 0.15) is 53.7 Å². The van der Waals surface area contributed by atoms with Crippen LogP contribution in [0.25, 0.3) is 11.1 Å². The second-order valence-corrected chi connectivity index (χ2v) is 10.5. The smallest absolute Gasteiger partial charge is 0.329 e. The third kappa shape index (κ3) is 5.63. The van der Waals surface area contributed by atoms with Crippen LogP contribution >= 0.6 is 0 Å². The second-order valence-electron chi connectivity index (χ2n) is 10.5. The number of imide groups is 1. The number of rotatable bonds is 5. The van der Waals surface area contributed by atoms with Crippen molar-refractivity contribution in [2.75, 3.05) is 5.32 Å². The monoisotopic (exact) mass is 565 g/mol. The van der Waals surface area contributed by atoms with E-state index in [0.717, 1.165) is 12.3 Å². The minimum absolute atomic E-state index is 0.0404. The lowest BCUT2D eigenvalue weighted by Gasteiger charge is -2.29. The summed E-state index contributed by atoms with van der Waals surface area (Å²) in [6, 6.07) is 10.9. The Morgan fingerprint density at radius 1 is 1.02 bits per heavy atom. The summed E-state index contributed by atoms with van der Waals surface area (Å²) in [5.74, 6) is -1.18. The number of nitrogens with one attached hydrogen (secondary N) is 3. The number of piperidine rings is 1. The lowest BCUT2D eigenvalue weighted by atomic mass is 9.92. The van der Waals surface area contributed by atoms with Crippen LogP contribution in [0.4, 0.5) is 23.7 Å². The van der Waals surface area contributed by atoms with Crippen LogP contribution in [0, 0.1) is 0 Å². The van der Waals surface area contributed by atoms with Crippen LogP contribution < -0.4 is 16.0 Å². The molecule has 1 unspecified atom stereocenters. The number of nitrogens with zero attached hydrogens (tertiary/aromatic N) is 2. The molecule has 1 fully saturated rings. The molecular weight excluding hydrogens is 539 g/mol. The number of halogens is 3. The molecule has 0 saturated carbocycles. The second kappa shape index (κ2) is 10.3. The van der Waals surface area contributed by atoms with E-state index in [1.165, 1.54) is 11.1 Å². The number of pyridine rings is 1. The van der Waals surface area contributed by atoms with Crippen molar-refractivity contribution < 1.29 is 32.3 Å². The molecule has 2 aliphatic rings. The molecule has 1 atom stereocenters. The number of carbonyl (C=O) groups excluding carboxylic acids is 4. The molecule has 0 bridgehead atoms. The van der Waals surface area contributed by atoms with Gasteiger partial charge in [0.2, 0.25) is 11.8 Å². The zero-order valence-electron chi connectivity index (χ0n) is 22.1. The summed E-state index contributed by atoms with van der Waals surface area (Å²) < 4.78 is 40.3. The predicted octanol–water partition coefficient (Wildman–Crippen LogP) is 4.59. The van der Waals surface area contributed by atoms with Gasteiger partial charge < -0.3 is 15.5 Å². The van der Waals surface area contributed by atoms with Gasteiger partial charge in [-0.05, 0) is 61.2 Å². The largest absolute Gasteiger partial charge is 0.417 e. The molecule has 0 spiro atoms. The third-order valence-electron chi connectivity index (χ3n) is 7.25. The number of carbonyl (C=O) groups is 4. The molecule has 2 aliphatic heterocycles. The highest BCUT2D eigenvalue weighted by atomic mass is 19.4. The summed E-state index contributed by atoms with van der Waals surface area (Å²) in [5, 5.41) is 7.86. The first-order valence-electron chi connectivity index (χ1n) is 12.8. The molecule has 0 radical (unpaired) electrons. The maximum atomic E-state index is 13.4. The first kappa shape index (κ1) is 27.8. The number of hydrogen-bond acceptors (Lipinski definition) is 5. The Morgan fingerprint density at radius 2 is 1.76 bits per heavy atom. The van der Waals surface area contributed by atoms with Gasteiger partial charge in [0.1, 0.15) is 6.04 Å². The van der Waals surface area contributed by atoms with Gasteiger partial charge in [-0.3, -0.25) is 24.7 Å². The number of benzene rings is 2. The third-order valence-corrected chi connectivity index (χ3v) is 7.25. The van der Waals surface area contributed by atoms with Gasteiger partial charge in [-0.1, -0.05) is 24.3 Å². The average molecular weight is 566 g/mol. The van der Waals surface area contributed by atoms with Crippen molar-refractivity contribution in [2.24, 2.45) is 0 Å². The molecule has 3 N–H and O–H groups in total. The summed E-state index contributed by atoms with van der Waals surface area (Å²) in [7, 11) is 0. The number of alkyl halides is 3. The van der Waals surface area contributed by atoms with Gasteiger partial charge >= 0.3 is 12.2 Å². The minimum atomic E-state index is -4.52. The van der Waals surface area contributed by atoms with Crippen LogP contribution in [-0.4, -0.2) is 39.7 Å². The van der Waals surface area contributed by atoms with Crippen molar-refractivity contribution in [2.45, 2.75) is 51.0 Å². The number of anilines is 1. The summed E-state index contributed by atoms with van der Waals surface area (Å²) in [4.78, 5) is 54.7. The summed E-state index contributed by atoms with van der Waals surface area (Å²) in [5.41, 5.74) is 0.780. The van der Waals surface area contributed by atoms with Crippen LogP contribution in [0.15, 0.2) is 60.9 Å². The van der Waals surface area contributed by atoms with E-state index in [1.807, 2.05) is 0 Å². The number of aromatic nitrogens is 1. The van der Waals surface area contributed by atoms with E-state index < -0.39 is 35.3 Å². The Balaban J connectivity index is 1.25. The summed E-state index contributed by atoms with van der Waals surface area (Å²) >= 11 is 0. The first-order valence-corrected chi connectivity index (χ1v) is 12.8. The predicted molar refractivity (Wildman–Crippen MR) is 142 cm³/mol. The van der Waals surface area contributed by atoms with Crippen molar-refractivity contribution in [3.63, 3.8) is 0 Å². The highest BCUT2D eigenvalue weighted by molar-refractivity contribution is 6.05. The molecule has 212 valence electrons. The topological polar surface area (TPSA) is 120 Å². The van der Waals surface area contributed by atoms with E-state index in [9.17, 15) is 32.3 Å². The molecule has 2 aromatic carbocycles. The van der Waals surface area contributed by atoms with E-state index in [-0.39, 0.29) is 36.8 Å². The van der Waals surface area contributed by atoms with E-state index in [2.05, 4.69) is 20.9 Å². The Morgan fingerprint density at radius 3 is 2.44 bits per heavy atom. The van der Waals surface area contributed by atoms with E-state index >= 15 is 0 Å². The molecule has 1 aromatic heterocycles. The van der Waals surface area contributed by atoms with Gasteiger partial charge in [-0.25, -0.2) is 4.79 Å². The number of hydrogen-bond donors (Lipinski definition) is 3. The highest BCUT2D eigenvalue weighted by Gasteiger charge is 2.39. The standard InChI is InChI=1S/C29H26F3N5O4/c1-28(2,18-5-3-16(4-6-18)21-14-33-12-11-22(21)29(30,31)32)36-27(41)34-19-7-8-20-17(13-19)15-37(26(20)40)23-9-10-24(38)35-25(23)39/h3-8,11-14,23H,9-10,15H2,1-2H3,(H2,34,36,41)(H,35,38,39). The van der Waals surface area contributed by atoms with Crippen molar-refractivity contribution in [1.82, 2.24) is 20.5 Å². The Hall–Kier alpha value is -4.74. The van der Waals surface area contributed by atoms with Gasteiger partial charge in [-0.2, -0.15) is 13.2 Å². The van der Waals surface area contributed by atoms with Crippen LogP contribution in [0.5, 0.6) is 0 Å². The van der Waals surface area contributed by atoms with Gasteiger partial charge in [-0.15, -0.1) is 0 Å². The Labute approximate surface area is 233 Å². The van der Waals surface area contributed by atoms with Gasteiger partial charge in [0.25, 0.3) is 5.91 Å². The van der Waals surface area contributed by atoms with Crippen molar-refractivity contribution >= 4 is 29.4 Å². The fourth-order valence-electron chi connectivity index (χ4n) is 5.11. The van der Waals surface area contributed by atoms with Crippen molar-refractivity contribution in [3.05, 3.63) is 83.2 Å². The molecular formula is C29H26F3N5O4. The SMILES string of the molecule is CC(C)(NC(=O)Nc1ccc2c(c1)CN(C1CCC(=O)NC1=O)C2=O)c1ccc(-c2cnccc2C(F)(F)F)cc1. The molecule has 3 aromatic rings.